The number of nitrogens with one attached hydrogen (secondary N) is 1. The van der Waals surface area contributed by atoms with Gasteiger partial charge in [0.2, 0.25) is 10.0 Å². The second-order valence-electron chi connectivity index (χ2n) is 7.24. The van der Waals surface area contributed by atoms with Crippen LogP contribution in [-0.2, 0) is 32.4 Å². The van der Waals surface area contributed by atoms with Crippen molar-refractivity contribution >= 4 is 10.0 Å². The lowest BCUT2D eigenvalue weighted by Gasteiger charge is -2.26. The van der Waals surface area contributed by atoms with Crippen LogP contribution >= 0.6 is 0 Å². The van der Waals surface area contributed by atoms with E-state index in [-0.39, 0.29) is 24.6 Å². The number of nitrogens with zero attached hydrogens (tertiary/aromatic N) is 1. The van der Waals surface area contributed by atoms with Crippen molar-refractivity contribution in [2.45, 2.75) is 24.1 Å². The highest BCUT2D eigenvalue weighted by Crippen LogP contribution is 2.29. The third-order valence-corrected chi connectivity index (χ3v) is 6.77. The van der Waals surface area contributed by atoms with Crippen LogP contribution in [0.15, 0.2) is 65.2 Å². The smallest absolute Gasteiger partial charge is 0.416 e. The SMILES string of the molecule is COCCOc1ccc(S(=O)(=O)N2CC=C(NOCc3cccc(C(F)(F)F)c3)CC2)cc1. The Labute approximate surface area is 190 Å². The molecule has 1 N–H and O–H groups in total. The average molecular weight is 487 g/mol. The molecule has 0 amide bonds. The van der Waals surface area contributed by atoms with Gasteiger partial charge in [-0.15, -0.1) is 0 Å². The first-order valence-electron chi connectivity index (χ1n) is 10.1. The molecular formula is C22H25F3N2O5S. The summed E-state index contributed by atoms with van der Waals surface area (Å²) in [7, 11) is -2.11. The van der Waals surface area contributed by atoms with Crippen molar-refractivity contribution in [2.24, 2.45) is 0 Å². The van der Waals surface area contributed by atoms with E-state index >= 15 is 0 Å². The fourth-order valence-corrected chi connectivity index (χ4v) is 4.49. The summed E-state index contributed by atoms with van der Waals surface area (Å²) in [5, 5.41) is 0. The summed E-state index contributed by atoms with van der Waals surface area (Å²) in [5.74, 6) is 0.550. The topological polar surface area (TPSA) is 77.1 Å². The summed E-state index contributed by atoms with van der Waals surface area (Å²) in [6, 6.07) is 11.1. The highest BCUT2D eigenvalue weighted by Gasteiger charge is 2.30. The monoisotopic (exact) mass is 486 g/mol. The molecule has 0 fully saturated rings. The number of methoxy groups -OCH3 is 1. The first kappa shape index (κ1) is 25.0. The Hall–Kier alpha value is -2.60. The van der Waals surface area contributed by atoms with Crippen LogP contribution in [0.25, 0.3) is 0 Å². The molecule has 0 unspecified atom stereocenters. The molecule has 0 aliphatic carbocycles. The largest absolute Gasteiger partial charge is 0.491 e. The number of benzene rings is 2. The quantitative estimate of drug-likeness (QED) is 0.408. The van der Waals surface area contributed by atoms with Gasteiger partial charge in [-0.05, 0) is 48.0 Å². The first-order chi connectivity index (χ1) is 15.7. The summed E-state index contributed by atoms with van der Waals surface area (Å²) >= 11 is 0. The van der Waals surface area contributed by atoms with Gasteiger partial charge in [0.25, 0.3) is 0 Å². The summed E-state index contributed by atoms with van der Waals surface area (Å²) in [6.07, 6.45) is -2.36. The number of sulfonamides is 1. The molecule has 2 aromatic carbocycles. The number of rotatable bonds is 10. The Morgan fingerprint density at radius 2 is 1.85 bits per heavy atom. The van der Waals surface area contributed by atoms with E-state index in [2.05, 4.69) is 5.48 Å². The van der Waals surface area contributed by atoms with Gasteiger partial charge >= 0.3 is 6.18 Å². The molecule has 0 aromatic heterocycles. The predicted octanol–water partition coefficient (Wildman–Crippen LogP) is 3.73. The van der Waals surface area contributed by atoms with Crippen LogP contribution in [0.1, 0.15) is 17.5 Å². The molecule has 0 radical (unpaired) electrons. The summed E-state index contributed by atoms with van der Waals surface area (Å²) in [6.45, 7) is 1.11. The lowest BCUT2D eigenvalue weighted by molar-refractivity contribution is -0.137. The lowest BCUT2D eigenvalue weighted by Crippen LogP contribution is -2.36. The van der Waals surface area contributed by atoms with Crippen LogP contribution in [0.3, 0.4) is 0 Å². The maximum atomic E-state index is 12.9. The number of ether oxygens (including phenoxy) is 2. The van der Waals surface area contributed by atoms with E-state index < -0.39 is 21.8 Å². The molecule has 3 rings (SSSR count). The van der Waals surface area contributed by atoms with Gasteiger partial charge in [-0.1, -0.05) is 12.1 Å². The molecule has 180 valence electrons. The van der Waals surface area contributed by atoms with Gasteiger partial charge in [0.1, 0.15) is 12.4 Å². The highest BCUT2D eigenvalue weighted by atomic mass is 32.2. The fourth-order valence-electron chi connectivity index (χ4n) is 3.11. The van der Waals surface area contributed by atoms with Gasteiger partial charge < -0.3 is 9.47 Å². The van der Waals surface area contributed by atoms with Crippen LogP contribution in [0.4, 0.5) is 13.2 Å². The normalized spacial score (nSPS) is 15.2. The minimum Gasteiger partial charge on any atom is -0.491 e. The number of alkyl halides is 3. The maximum Gasteiger partial charge on any atom is 0.416 e. The van der Waals surface area contributed by atoms with E-state index in [0.29, 0.717) is 36.6 Å². The molecule has 0 saturated carbocycles. The number of halogens is 3. The van der Waals surface area contributed by atoms with E-state index in [1.165, 1.54) is 28.6 Å². The predicted molar refractivity (Wildman–Crippen MR) is 115 cm³/mol. The minimum absolute atomic E-state index is 0.0674. The minimum atomic E-state index is -4.42. The zero-order chi connectivity index (χ0) is 23.9. The van der Waals surface area contributed by atoms with Crippen LogP contribution in [0.2, 0.25) is 0 Å². The van der Waals surface area contributed by atoms with E-state index in [9.17, 15) is 21.6 Å². The highest BCUT2D eigenvalue weighted by molar-refractivity contribution is 7.89. The van der Waals surface area contributed by atoms with Crippen LogP contribution < -0.4 is 10.2 Å². The Balaban J connectivity index is 1.51. The van der Waals surface area contributed by atoms with Gasteiger partial charge in [0.05, 0.1) is 23.7 Å². The lowest BCUT2D eigenvalue weighted by atomic mass is 10.1. The molecule has 7 nitrogen and oxygen atoms in total. The molecule has 0 bridgehead atoms. The summed E-state index contributed by atoms with van der Waals surface area (Å²) in [5.41, 5.74) is 2.99. The number of hydrogen-bond acceptors (Lipinski definition) is 6. The molecule has 1 heterocycles. The van der Waals surface area contributed by atoms with E-state index in [1.807, 2.05) is 0 Å². The Bertz CT molecular complexity index is 1060. The zero-order valence-corrected chi connectivity index (χ0v) is 18.8. The van der Waals surface area contributed by atoms with Crippen molar-refractivity contribution in [3.05, 3.63) is 71.4 Å². The van der Waals surface area contributed by atoms with E-state index in [1.54, 1.807) is 25.3 Å². The average Bonchev–Trinajstić information content (AvgIpc) is 2.80. The molecule has 1 aliphatic rings. The van der Waals surface area contributed by atoms with Gasteiger partial charge in [-0.3, -0.25) is 10.3 Å². The molecule has 2 aromatic rings. The third kappa shape index (κ3) is 6.94. The van der Waals surface area contributed by atoms with E-state index in [4.69, 9.17) is 14.3 Å². The van der Waals surface area contributed by atoms with Crippen molar-refractivity contribution in [3.8, 4) is 5.75 Å². The third-order valence-electron chi connectivity index (χ3n) is 4.89. The zero-order valence-electron chi connectivity index (χ0n) is 18.0. The molecular weight excluding hydrogens is 461 g/mol. The fraction of sp³-hybridized carbons (Fsp3) is 0.364. The molecule has 0 atom stereocenters. The van der Waals surface area contributed by atoms with Crippen LogP contribution in [0.5, 0.6) is 5.75 Å². The molecule has 0 saturated heterocycles. The van der Waals surface area contributed by atoms with Gasteiger partial charge in [0.15, 0.2) is 0 Å². The van der Waals surface area contributed by atoms with Crippen molar-refractivity contribution in [1.82, 2.24) is 9.79 Å². The number of hydroxylamine groups is 1. The Kier molecular flexibility index (Phi) is 8.35. The van der Waals surface area contributed by atoms with E-state index in [0.717, 1.165) is 12.1 Å². The first-order valence-corrected chi connectivity index (χ1v) is 11.6. The van der Waals surface area contributed by atoms with Gasteiger partial charge in [0, 0.05) is 32.3 Å². The Morgan fingerprint density at radius 1 is 1.09 bits per heavy atom. The van der Waals surface area contributed by atoms with Gasteiger partial charge in [-0.2, -0.15) is 17.5 Å². The molecule has 33 heavy (non-hydrogen) atoms. The number of hydrogen-bond donors (Lipinski definition) is 1. The van der Waals surface area contributed by atoms with Crippen LogP contribution in [0, 0.1) is 0 Å². The molecule has 1 aliphatic heterocycles. The van der Waals surface area contributed by atoms with Crippen molar-refractivity contribution in [1.29, 1.82) is 0 Å². The second kappa shape index (κ2) is 11.0. The maximum absolute atomic E-state index is 12.9. The van der Waals surface area contributed by atoms with Crippen molar-refractivity contribution in [2.75, 3.05) is 33.4 Å². The summed E-state index contributed by atoms with van der Waals surface area (Å²) in [4.78, 5) is 5.47. The van der Waals surface area contributed by atoms with Crippen molar-refractivity contribution < 1.29 is 35.9 Å². The Morgan fingerprint density at radius 3 is 2.48 bits per heavy atom. The van der Waals surface area contributed by atoms with Crippen molar-refractivity contribution in [3.63, 3.8) is 0 Å². The summed E-state index contributed by atoms with van der Waals surface area (Å²) < 4.78 is 75.8. The van der Waals surface area contributed by atoms with Gasteiger partial charge in [-0.25, -0.2) is 8.42 Å². The molecule has 11 heteroatoms. The van der Waals surface area contributed by atoms with Crippen LogP contribution in [-0.4, -0.2) is 46.1 Å². The standard InChI is InChI=1S/C22H25F3N2O5S/c1-30-13-14-31-20-5-7-21(8-6-20)33(28,29)27-11-9-19(10-12-27)26-32-16-17-3-2-4-18(15-17)22(23,24)25/h2-9,15,26H,10-14,16H2,1H3. The second-order valence-corrected chi connectivity index (χ2v) is 9.18. The molecule has 0 spiro atoms.